The molecule has 1 aliphatic heterocycles. The summed E-state index contributed by atoms with van der Waals surface area (Å²) in [5, 5.41) is 2.75. The molecule has 1 aliphatic carbocycles. The van der Waals surface area contributed by atoms with Gasteiger partial charge in [-0.05, 0) is 24.8 Å². The first-order valence-electron chi connectivity index (χ1n) is 11.5. The van der Waals surface area contributed by atoms with E-state index in [0.29, 0.717) is 0 Å². The van der Waals surface area contributed by atoms with E-state index >= 15 is 0 Å². The second-order valence-electron chi connectivity index (χ2n) is 9.14. The molecular formula is C23H36N4O4S. The first-order valence-corrected chi connectivity index (χ1v) is 13.6. The quantitative estimate of drug-likeness (QED) is 0.558. The van der Waals surface area contributed by atoms with Crippen molar-refractivity contribution in [3.05, 3.63) is 35.9 Å². The van der Waals surface area contributed by atoms with Gasteiger partial charge in [0, 0.05) is 45.0 Å². The van der Waals surface area contributed by atoms with Crippen LogP contribution < -0.4 is 11.1 Å². The number of benzene rings is 1. The SMILES string of the molecule is CS(=O)(=O)CC[C@H](NC(=O)[C@H]1CCCC[C@@H]1N1CCN(Cc2ccccc2)CC1)C(N)=O. The van der Waals surface area contributed by atoms with Gasteiger partial charge >= 0.3 is 0 Å². The molecule has 0 bridgehead atoms. The Bertz CT molecular complexity index is 869. The smallest absolute Gasteiger partial charge is 0.240 e. The number of nitrogens with one attached hydrogen (secondary N) is 1. The van der Waals surface area contributed by atoms with Crippen molar-refractivity contribution < 1.29 is 18.0 Å². The lowest BCUT2D eigenvalue weighted by Gasteiger charge is -2.44. The maximum atomic E-state index is 13.1. The van der Waals surface area contributed by atoms with Gasteiger partial charge in [-0.2, -0.15) is 0 Å². The minimum absolute atomic E-state index is 0.00938. The Morgan fingerprint density at radius 3 is 2.38 bits per heavy atom. The lowest BCUT2D eigenvalue weighted by molar-refractivity contribution is -0.133. The zero-order chi connectivity index (χ0) is 23.1. The predicted octanol–water partition coefficient (Wildman–Crippen LogP) is 0.768. The van der Waals surface area contributed by atoms with Crippen molar-refractivity contribution in [1.82, 2.24) is 15.1 Å². The molecule has 2 amide bonds. The van der Waals surface area contributed by atoms with Gasteiger partial charge in [0.1, 0.15) is 15.9 Å². The number of nitrogens with zero attached hydrogens (tertiary/aromatic N) is 2. The predicted molar refractivity (Wildman–Crippen MR) is 124 cm³/mol. The zero-order valence-corrected chi connectivity index (χ0v) is 19.7. The Kier molecular flexibility index (Phi) is 8.67. The summed E-state index contributed by atoms with van der Waals surface area (Å²) in [5.41, 5.74) is 6.74. The fourth-order valence-corrected chi connectivity index (χ4v) is 5.51. The van der Waals surface area contributed by atoms with Crippen LogP contribution in [0.15, 0.2) is 30.3 Å². The second kappa shape index (κ2) is 11.2. The zero-order valence-electron chi connectivity index (χ0n) is 18.9. The summed E-state index contributed by atoms with van der Waals surface area (Å²) in [7, 11) is -3.24. The van der Waals surface area contributed by atoms with Gasteiger partial charge in [-0.3, -0.25) is 19.4 Å². The summed E-state index contributed by atoms with van der Waals surface area (Å²) < 4.78 is 22.9. The molecule has 1 aromatic rings. The van der Waals surface area contributed by atoms with Crippen LogP contribution >= 0.6 is 0 Å². The number of amides is 2. The van der Waals surface area contributed by atoms with E-state index in [1.54, 1.807) is 0 Å². The number of hydrogen-bond acceptors (Lipinski definition) is 6. The van der Waals surface area contributed by atoms with Crippen LogP contribution in [0, 0.1) is 5.92 Å². The molecule has 3 N–H and O–H groups in total. The highest BCUT2D eigenvalue weighted by Crippen LogP contribution is 2.30. The van der Waals surface area contributed by atoms with Gasteiger partial charge in [-0.25, -0.2) is 8.42 Å². The number of sulfone groups is 1. The third-order valence-corrected chi connectivity index (χ3v) is 7.61. The van der Waals surface area contributed by atoms with E-state index in [2.05, 4.69) is 39.4 Å². The van der Waals surface area contributed by atoms with Crippen molar-refractivity contribution in [2.45, 2.75) is 50.7 Å². The number of nitrogens with two attached hydrogens (primary N) is 1. The number of carbonyl (C=O) groups excluding carboxylic acids is 2. The fraction of sp³-hybridized carbons (Fsp3) is 0.652. The molecule has 9 heteroatoms. The van der Waals surface area contributed by atoms with Crippen LogP contribution in [-0.2, 0) is 26.0 Å². The van der Waals surface area contributed by atoms with Gasteiger partial charge in [-0.15, -0.1) is 0 Å². The van der Waals surface area contributed by atoms with Crippen LogP contribution in [-0.4, -0.2) is 80.3 Å². The van der Waals surface area contributed by atoms with E-state index in [9.17, 15) is 18.0 Å². The first-order chi connectivity index (χ1) is 15.2. The van der Waals surface area contributed by atoms with E-state index in [4.69, 9.17) is 5.73 Å². The monoisotopic (exact) mass is 464 g/mol. The van der Waals surface area contributed by atoms with Gasteiger partial charge in [0.05, 0.1) is 11.7 Å². The van der Waals surface area contributed by atoms with Crippen molar-refractivity contribution in [3.8, 4) is 0 Å². The van der Waals surface area contributed by atoms with Crippen molar-refractivity contribution in [1.29, 1.82) is 0 Å². The number of hydrogen-bond donors (Lipinski definition) is 2. The lowest BCUT2D eigenvalue weighted by Crippen LogP contribution is -2.56. The van der Waals surface area contributed by atoms with Crippen molar-refractivity contribution in [2.75, 3.05) is 38.2 Å². The molecule has 8 nitrogen and oxygen atoms in total. The Balaban J connectivity index is 1.56. The summed E-state index contributed by atoms with van der Waals surface area (Å²) in [6, 6.07) is 9.63. The maximum absolute atomic E-state index is 13.1. The molecule has 3 rings (SSSR count). The molecule has 1 saturated carbocycles. The Labute approximate surface area is 191 Å². The average molecular weight is 465 g/mol. The Morgan fingerprint density at radius 2 is 1.75 bits per heavy atom. The van der Waals surface area contributed by atoms with Crippen molar-refractivity contribution >= 4 is 21.7 Å². The van der Waals surface area contributed by atoms with Crippen LogP contribution in [0.1, 0.15) is 37.7 Å². The number of piperazine rings is 1. The molecule has 1 aromatic carbocycles. The van der Waals surface area contributed by atoms with Crippen LogP contribution in [0.5, 0.6) is 0 Å². The molecular weight excluding hydrogens is 428 g/mol. The first kappa shape index (κ1) is 24.7. The van der Waals surface area contributed by atoms with Crippen LogP contribution in [0.2, 0.25) is 0 Å². The van der Waals surface area contributed by atoms with Crippen LogP contribution in [0.4, 0.5) is 0 Å². The average Bonchev–Trinajstić information content (AvgIpc) is 2.77. The van der Waals surface area contributed by atoms with Crippen LogP contribution in [0.3, 0.4) is 0 Å². The number of carbonyl (C=O) groups is 2. The highest BCUT2D eigenvalue weighted by molar-refractivity contribution is 7.90. The molecule has 1 heterocycles. The molecule has 2 aliphatic rings. The van der Waals surface area contributed by atoms with Crippen molar-refractivity contribution in [3.63, 3.8) is 0 Å². The standard InChI is InChI=1S/C23H36N4O4S/c1-32(30,31)16-11-20(22(24)28)25-23(29)19-9-5-6-10-21(19)27-14-12-26(13-15-27)17-18-7-3-2-4-8-18/h2-4,7-8,19-21H,5-6,9-17H2,1H3,(H2,24,28)(H,25,29)/t19-,20-,21-/m0/s1. The summed E-state index contributed by atoms with van der Waals surface area (Å²) in [4.78, 5) is 29.8. The molecule has 0 unspecified atom stereocenters. The summed E-state index contributed by atoms with van der Waals surface area (Å²) in [6.45, 7) is 4.67. The van der Waals surface area contributed by atoms with Crippen molar-refractivity contribution in [2.24, 2.45) is 11.7 Å². The molecule has 2 fully saturated rings. The third kappa shape index (κ3) is 7.28. The van der Waals surface area contributed by atoms with E-state index in [1.807, 2.05) is 6.07 Å². The summed E-state index contributed by atoms with van der Waals surface area (Å²) in [5.74, 6) is -1.26. The Morgan fingerprint density at radius 1 is 1.09 bits per heavy atom. The highest BCUT2D eigenvalue weighted by Gasteiger charge is 2.37. The van der Waals surface area contributed by atoms with E-state index in [-0.39, 0.29) is 30.0 Å². The highest BCUT2D eigenvalue weighted by atomic mass is 32.2. The van der Waals surface area contributed by atoms with E-state index in [1.165, 1.54) is 5.56 Å². The molecule has 178 valence electrons. The normalized spacial score (nSPS) is 24.0. The number of primary amides is 1. The van der Waals surface area contributed by atoms with Gasteiger partial charge in [0.25, 0.3) is 0 Å². The number of rotatable bonds is 9. The van der Waals surface area contributed by atoms with Gasteiger partial charge in [0.15, 0.2) is 0 Å². The lowest BCUT2D eigenvalue weighted by atomic mass is 9.82. The summed E-state index contributed by atoms with van der Waals surface area (Å²) >= 11 is 0. The third-order valence-electron chi connectivity index (χ3n) is 6.63. The second-order valence-corrected chi connectivity index (χ2v) is 11.4. The topological polar surface area (TPSA) is 113 Å². The summed E-state index contributed by atoms with van der Waals surface area (Å²) in [6.07, 6.45) is 4.93. The van der Waals surface area contributed by atoms with E-state index < -0.39 is 21.8 Å². The molecule has 1 saturated heterocycles. The minimum Gasteiger partial charge on any atom is -0.368 e. The van der Waals surface area contributed by atoms with Crippen LogP contribution in [0.25, 0.3) is 0 Å². The molecule has 0 spiro atoms. The van der Waals surface area contributed by atoms with Gasteiger partial charge in [0.2, 0.25) is 11.8 Å². The van der Waals surface area contributed by atoms with E-state index in [0.717, 1.165) is 64.7 Å². The largest absolute Gasteiger partial charge is 0.368 e. The Hall–Kier alpha value is -1.97. The minimum atomic E-state index is -3.24. The van der Waals surface area contributed by atoms with Gasteiger partial charge < -0.3 is 11.1 Å². The molecule has 0 aromatic heterocycles. The fourth-order valence-electron chi connectivity index (χ4n) is 4.85. The molecule has 32 heavy (non-hydrogen) atoms. The maximum Gasteiger partial charge on any atom is 0.240 e. The molecule has 3 atom stereocenters. The van der Waals surface area contributed by atoms with Gasteiger partial charge in [-0.1, -0.05) is 43.2 Å². The molecule has 0 radical (unpaired) electrons.